The van der Waals surface area contributed by atoms with E-state index in [-0.39, 0.29) is 41.4 Å². The Morgan fingerprint density at radius 1 is 0.891 bits per heavy atom. The zero-order valence-electron chi connectivity index (χ0n) is 37.5. The van der Waals surface area contributed by atoms with Gasteiger partial charge in [-0.15, -0.1) is 20.0 Å². The Morgan fingerprint density at radius 3 is 2.22 bits per heavy atom. The number of methoxy groups -OCH3 is 1. The molecule has 352 valence electrons. The summed E-state index contributed by atoms with van der Waals surface area (Å²) < 4.78 is 79.2. The van der Waals surface area contributed by atoms with Crippen molar-refractivity contribution in [2.75, 3.05) is 64.8 Å². The SMILES string of the molecule is COc1ccc2c(OS(=O)(=O)Oc3cc(C(=O)N(C)CC(C)(C)COCC(C)(C)CN)ccc3O[C@H]3C[C@@H](OC(C)=O)[C@@H](OC(C)=O)[C@@H](COC(C)=O)O3)cc3c(c2c1)[C@H](CCl)CN3. The van der Waals surface area contributed by atoms with Crippen molar-refractivity contribution >= 4 is 62.3 Å². The molecule has 0 radical (unpaired) electrons. The molecule has 0 aliphatic carbocycles. The second kappa shape index (κ2) is 20.8. The quantitative estimate of drug-likeness (QED) is 0.0830. The van der Waals surface area contributed by atoms with Gasteiger partial charge in [0.15, 0.2) is 23.4 Å². The van der Waals surface area contributed by atoms with E-state index < -0.39 is 76.6 Å². The number of hydrogen-bond donors (Lipinski definition) is 2. The van der Waals surface area contributed by atoms with Gasteiger partial charge in [-0.2, -0.15) is 0 Å². The standard InChI is InChI=1S/C44H58ClN3O15S/c1-25(49)57-20-38-41(59-27(3)51)37(58-26(2)50)17-39(61-38)60-34-13-10-28(42(52)48(8)22-44(6,7)24-56-23-43(4,5)21-46)14-36(34)63-64(53,54)62-35-16-33-40(29(18-45)19-47-33)32-15-30(55-9)11-12-31(32)35/h10-16,29,37-39,41,47H,17-24,46H2,1-9H3/t29-,37-,38-,39-,41-/m1/s1. The molecular formula is C44H58ClN3O15S. The third-order valence-corrected chi connectivity index (χ3v) is 11.6. The number of rotatable bonds is 20. The number of ether oxygens (including phenoxy) is 7. The summed E-state index contributed by atoms with van der Waals surface area (Å²) in [6.45, 7) is 12.9. The van der Waals surface area contributed by atoms with Gasteiger partial charge in [-0.3, -0.25) is 19.2 Å². The van der Waals surface area contributed by atoms with E-state index in [2.05, 4.69) is 5.32 Å². The predicted molar refractivity (Wildman–Crippen MR) is 235 cm³/mol. The molecule has 0 saturated carbocycles. The van der Waals surface area contributed by atoms with Crippen LogP contribution < -0.4 is 28.9 Å². The molecule has 0 unspecified atom stereocenters. The molecule has 2 aliphatic heterocycles. The van der Waals surface area contributed by atoms with E-state index in [0.29, 0.717) is 54.4 Å². The molecule has 5 rings (SSSR count). The Morgan fingerprint density at radius 2 is 1.58 bits per heavy atom. The topological polar surface area (TPSA) is 227 Å². The minimum absolute atomic E-state index is 0.0254. The van der Waals surface area contributed by atoms with E-state index in [9.17, 15) is 27.6 Å². The van der Waals surface area contributed by atoms with Crippen LogP contribution in [0.1, 0.15) is 76.7 Å². The molecule has 3 aromatic carbocycles. The molecule has 64 heavy (non-hydrogen) atoms. The lowest BCUT2D eigenvalue weighted by atomic mass is 9.92. The highest BCUT2D eigenvalue weighted by atomic mass is 35.5. The molecule has 5 atom stereocenters. The fourth-order valence-corrected chi connectivity index (χ4v) is 8.44. The Hall–Kier alpha value is -5.08. The van der Waals surface area contributed by atoms with Crippen molar-refractivity contribution in [2.24, 2.45) is 16.6 Å². The molecular weight excluding hydrogens is 878 g/mol. The maximum Gasteiger partial charge on any atom is 0.501 e. The highest BCUT2D eigenvalue weighted by molar-refractivity contribution is 7.82. The second-order valence-corrected chi connectivity index (χ2v) is 18.8. The number of anilines is 1. The van der Waals surface area contributed by atoms with Crippen molar-refractivity contribution in [3.8, 4) is 23.0 Å². The summed E-state index contributed by atoms with van der Waals surface area (Å²) in [5.74, 6) is -2.61. The Balaban J connectivity index is 1.50. The van der Waals surface area contributed by atoms with Crippen molar-refractivity contribution in [1.82, 2.24) is 4.90 Å². The minimum Gasteiger partial charge on any atom is -0.497 e. The molecule has 0 aromatic heterocycles. The highest BCUT2D eigenvalue weighted by Gasteiger charge is 2.45. The number of hydrogen-bond acceptors (Lipinski definition) is 17. The number of halogens is 1. The van der Waals surface area contributed by atoms with Gasteiger partial charge in [0.2, 0.25) is 6.29 Å². The Kier molecular flexibility index (Phi) is 16.2. The lowest BCUT2D eigenvalue weighted by Crippen LogP contribution is -2.54. The number of benzene rings is 3. The molecule has 1 amide bonds. The monoisotopic (exact) mass is 935 g/mol. The number of amides is 1. The first-order chi connectivity index (χ1) is 30.0. The molecule has 2 aliphatic rings. The molecule has 0 bridgehead atoms. The molecule has 1 fully saturated rings. The van der Waals surface area contributed by atoms with Crippen LogP contribution in [0.15, 0.2) is 42.5 Å². The van der Waals surface area contributed by atoms with Crippen LogP contribution in [0.5, 0.6) is 23.0 Å². The summed E-state index contributed by atoms with van der Waals surface area (Å²) >= 11 is 6.31. The number of esters is 3. The first-order valence-electron chi connectivity index (χ1n) is 20.6. The van der Waals surface area contributed by atoms with Crippen molar-refractivity contribution in [2.45, 2.75) is 85.4 Å². The van der Waals surface area contributed by atoms with Gasteiger partial charge in [0, 0.05) is 86.2 Å². The van der Waals surface area contributed by atoms with Gasteiger partial charge >= 0.3 is 28.3 Å². The van der Waals surface area contributed by atoms with E-state index in [0.717, 1.165) is 19.4 Å². The predicted octanol–water partition coefficient (Wildman–Crippen LogP) is 5.32. The van der Waals surface area contributed by atoms with Gasteiger partial charge in [0.25, 0.3) is 5.91 Å². The second-order valence-electron chi connectivity index (χ2n) is 17.4. The van der Waals surface area contributed by atoms with E-state index in [1.165, 1.54) is 37.1 Å². The first-order valence-corrected chi connectivity index (χ1v) is 22.5. The van der Waals surface area contributed by atoms with Crippen molar-refractivity contribution in [3.63, 3.8) is 0 Å². The maximum atomic E-state index is 14.0. The third kappa shape index (κ3) is 13.0. The summed E-state index contributed by atoms with van der Waals surface area (Å²) in [6.07, 6.45) is -5.14. The van der Waals surface area contributed by atoms with Crippen LogP contribution in [0.4, 0.5) is 5.69 Å². The lowest BCUT2D eigenvalue weighted by molar-refractivity contribution is -0.245. The zero-order valence-corrected chi connectivity index (χ0v) is 39.1. The van der Waals surface area contributed by atoms with E-state index in [1.54, 1.807) is 31.3 Å². The van der Waals surface area contributed by atoms with Crippen LogP contribution in [0.2, 0.25) is 0 Å². The summed E-state index contributed by atoms with van der Waals surface area (Å²) in [7, 11) is -1.91. The zero-order chi connectivity index (χ0) is 47.1. The Labute approximate surface area is 378 Å². The third-order valence-electron chi connectivity index (χ3n) is 10.4. The number of nitrogens with zero attached hydrogens (tertiary/aromatic N) is 1. The Bertz CT molecular complexity index is 2310. The van der Waals surface area contributed by atoms with Crippen LogP contribution in [0.3, 0.4) is 0 Å². The van der Waals surface area contributed by atoms with Gasteiger partial charge in [-0.05, 0) is 53.9 Å². The average Bonchev–Trinajstić information content (AvgIpc) is 3.63. The van der Waals surface area contributed by atoms with Crippen molar-refractivity contribution < 1.29 is 69.1 Å². The van der Waals surface area contributed by atoms with Gasteiger partial charge in [0.1, 0.15) is 24.6 Å². The molecule has 20 heteroatoms. The molecule has 0 spiro atoms. The summed E-state index contributed by atoms with van der Waals surface area (Å²) in [6, 6.07) is 10.5. The minimum atomic E-state index is -5.03. The van der Waals surface area contributed by atoms with Crippen LogP contribution in [0, 0.1) is 10.8 Å². The maximum absolute atomic E-state index is 14.0. The normalized spacial score (nSPS) is 19.8. The summed E-state index contributed by atoms with van der Waals surface area (Å²) in [5.41, 5.74) is 6.64. The molecule has 2 heterocycles. The van der Waals surface area contributed by atoms with Crippen molar-refractivity contribution in [3.05, 3.63) is 53.6 Å². The number of nitrogens with one attached hydrogen (secondary N) is 1. The van der Waals surface area contributed by atoms with Crippen LogP contribution >= 0.6 is 11.6 Å². The summed E-state index contributed by atoms with van der Waals surface area (Å²) in [5, 5.41) is 4.34. The smallest absolute Gasteiger partial charge is 0.497 e. The van der Waals surface area contributed by atoms with Crippen LogP contribution in [-0.2, 0) is 48.5 Å². The number of carbonyl (C=O) groups excluding carboxylic acids is 4. The average molecular weight is 936 g/mol. The van der Waals surface area contributed by atoms with Crippen molar-refractivity contribution in [1.29, 1.82) is 0 Å². The van der Waals surface area contributed by atoms with Crippen LogP contribution in [0.25, 0.3) is 10.8 Å². The first kappa shape index (κ1) is 49.9. The van der Waals surface area contributed by atoms with Gasteiger partial charge in [-0.25, -0.2) is 0 Å². The molecule has 3 aromatic rings. The molecule has 18 nitrogen and oxygen atoms in total. The van der Waals surface area contributed by atoms with E-state index in [4.69, 9.17) is 58.9 Å². The number of nitrogens with two attached hydrogens (primary N) is 1. The van der Waals surface area contributed by atoms with E-state index >= 15 is 0 Å². The molecule has 3 N–H and O–H groups in total. The number of carbonyl (C=O) groups is 4. The van der Waals surface area contributed by atoms with Gasteiger partial charge in [0.05, 0.1) is 26.7 Å². The largest absolute Gasteiger partial charge is 0.501 e. The number of fused-ring (bicyclic) bond motifs is 3. The molecule has 1 saturated heterocycles. The summed E-state index contributed by atoms with van der Waals surface area (Å²) in [4.78, 5) is 51.6. The van der Waals surface area contributed by atoms with Gasteiger partial charge < -0.3 is 57.5 Å². The number of alkyl halides is 1. The fraction of sp³-hybridized carbons (Fsp3) is 0.545. The van der Waals surface area contributed by atoms with Crippen LogP contribution in [-0.4, -0.2) is 121 Å². The van der Waals surface area contributed by atoms with Gasteiger partial charge in [-0.1, -0.05) is 27.7 Å². The fourth-order valence-electron chi connectivity index (χ4n) is 7.44. The highest BCUT2D eigenvalue weighted by Crippen LogP contribution is 2.44. The van der Waals surface area contributed by atoms with E-state index in [1.807, 2.05) is 27.7 Å². The lowest BCUT2D eigenvalue weighted by Gasteiger charge is -2.39.